The Balaban J connectivity index is 2.12. The Bertz CT molecular complexity index is 937. The van der Waals surface area contributed by atoms with Gasteiger partial charge in [0.25, 0.3) is 0 Å². The monoisotopic (exact) mass is 362 g/mol. The molecule has 5 nitrogen and oxygen atoms in total. The predicted molar refractivity (Wildman–Crippen MR) is 98.4 cm³/mol. The molecule has 1 amide bonds. The summed E-state index contributed by atoms with van der Waals surface area (Å²) in [7, 11) is -3.62. The van der Waals surface area contributed by atoms with Crippen LogP contribution in [0.2, 0.25) is 0 Å². The number of amides is 1. The number of benzene rings is 2. The van der Waals surface area contributed by atoms with Gasteiger partial charge in [-0.05, 0) is 49.2 Å². The second-order valence-electron chi connectivity index (χ2n) is 5.75. The van der Waals surface area contributed by atoms with Crippen LogP contribution in [0.3, 0.4) is 0 Å². The molecule has 0 bridgehead atoms. The molecule has 0 saturated carbocycles. The van der Waals surface area contributed by atoms with Crippen molar-refractivity contribution < 1.29 is 17.6 Å². The van der Waals surface area contributed by atoms with Crippen LogP contribution in [-0.2, 0) is 14.8 Å². The van der Waals surface area contributed by atoms with Crippen molar-refractivity contribution in [2.75, 3.05) is 16.3 Å². The van der Waals surface area contributed by atoms with Crippen LogP contribution in [0.4, 0.5) is 15.8 Å². The quantitative estimate of drug-likeness (QED) is 0.800. The molecule has 0 fully saturated rings. The van der Waals surface area contributed by atoms with E-state index in [9.17, 15) is 17.6 Å². The molecule has 0 unspecified atom stereocenters. The minimum Gasteiger partial charge on any atom is -0.322 e. The second kappa shape index (κ2) is 7.48. The van der Waals surface area contributed by atoms with Gasteiger partial charge < -0.3 is 5.32 Å². The molecule has 0 aliphatic rings. The molecular weight excluding hydrogens is 343 g/mol. The average Bonchev–Trinajstić information content (AvgIpc) is 2.48. The fraction of sp³-hybridized carbons (Fsp3) is 0.167. The maximum atomic E-state index is 13.6. The third kappa shape index (κ3) is 5.72. The minimum atomic E-state index is -3.62. The lowest BCUT2D eigenvalue weighted by Crippen LogP contribution is -2.12. The molecule has 2 aromatic carbocycles. The van der Waals surface area contributed by atoms with Crippen molar-refractivity contribution in [1.82, 2.24) is 0 Å². The highest BCUT2D eigenvalue weighted by Gasteiger charge is 2.09. The highest BCUT2D eigenvalue weighted by atomic mass is 32.2. The first-order chi connectivity index (χ1) is 11.6. The highest BCUT2D eigenvalue weighted by Crippen LogP contribution is 2.20. The van der Waals surface area contributed by atoms with Crippen LogP contribution in [0, 0.1) is 19.7 Å². The normalized spacial score (nSPS) is 11.5. The fourth-order valence-corrected chi connectivity index (χ4v) is 2.80. The highest BCUT2D eigenvalue weighted by molar-refractivity contribution is 7.92. The molecule has 0 aromatic heterocycles. The molecule has 0 saturated heterocycles. The molecule has 25 heavy (non-hydrogen) atoms. The zero-order chi connectivity index (χ0) is 18.6. The van der Waals surface area contributed by atoms with E-state index in [1.54, 1.807) is 6.08 Å². The standard InChI is InChI=1S/C18H19FN2O3S/c1-12-4-5-14(13(2)10-12)6-9-18(22)20-15-7-8-16(19)17(11-15)21-25(3,23)24/h4-11,21H,1-3H3,(H,20,22)/b9-6+. The van der Waals surface area contributed by atoms with Gasteiger partial charge in [-0.1, -0.05) is 23.8 Å². The van der Waals surface area contributed by atoms with Gasteiger partial charge in [-0.25, -0.2) is 12.8 Å². The number of carbonyl (C=O) groups excluding carboxylic acids is 1. The number of hydrogen-bond acceptors (Lipinski definition) is 3. The summed E-state index contributed by atoms with van der Waals surface area (Å²) in [6.07, 6.45) is 3.97. The van der Waals surface area contributed by atoms with E-state index in [-0.39, 0.29) is 11.4 Å². The van der Waals surface area contributed by atoms with Crippen molar-refractivity contribution in [1.29, 1.82) is 0 Å². The zero-order valence-electron chi connectivity index (χ0n) is 14.1. The molecule has 0 heterocycles. The second-order valence-corrected chi connectivity index (χ2v) is 7.50. The maximum absolute atomic E-state index is 13.6. The van der Waals surface area contributed by atoms with E-state index in [2.05, 4.69) is 10.0 Å². The molecule has 0 aliphatic heterocycles. The van der Waals surface area contributed by atoms with Gasteiger partial charge in [0.1, 0.15) is 5.82 Å². The molecular formula is C18H19FN2O3S. The summed E-state index contributed by atoms with van der Waals surface area (Å²) in [4.78, 5) is 12.0. The van der Waals surface area contributed by atoms with E-state index in [0.717, 1.165) is 29.0 Å². The molecule has 2 N–H and O–H groups in total. The Morgan fingerprint density at radius 3 is 2.48 bits per heavy atom. The topological polar surface area (TPSA) is 75.3 Å². The lowest BCUT2D eigenvalue weighted by Gasteiger charge is -2.08. The maximum Gasteiger partial charge on any atom is 0.248 e. The van der Waals surface area contributed by atoms with E-state index >= 15 is 0 Å². The van der Waals surface area contributed by atoms with Crippen LogP contribution in [0.1, 0.15) is 16.7 Å². The number of rotatable bonds is 5. The van der Waals surface area contributed by atoms with Crippen molar-refractivity contribution in [2.45, 2.75) is 13.8 Å². The van der Waals surface area contributed by atoms with Gasteiger partial charge in [0.2, 0.25) is 15.9 Å². The third-order valence-corrected chi connectivity index (χ3v) is 3.96. The number of halogens is 1. The van der Waals surface area contributed by atoms with Gasteiger partial charge in [0, 0.05) is 11.8 Å². The first-order valence-corrected chi connectivity index (χ1v) is 9.37. The van der Waals surface area contributed by atoms with Crippen LogP contribution in [0.15, 0.2) is 42.5 Å². The number of hydrogen-bond donors (Lipinski definition) is 2. The minimum absolute atomic E-state index is 0.223. The molecule has 132 valence electrons. The van der Waals surface area contributed by atoms with Crippen molar-refractivity contribution in [3.05, 3.63) is 65.0 Å². The number of anilines is 2. The van der Waals surface area contributed by atoms with E-state index in [4.69, 9.17) is 0 Å². The van der Waals surface area contributed by atoms with Crippen LogP contribution in [0.5, 0.6) is 0 Å². The van der Waals surface area contributed by atoms with Gasteiger partial charge in [0.15, 0.2) is 0 Å². The van der Waals surface area contributed by atoms with Crippen molar-refractivity contribution in [2.24, 2.45) is 0 Å². The number of aryl methyl sites for hydroxylation is 2. The van der Waals surface area contributed by atoms with Crippen LogP contribution >= 0.6 is 0 Å². The first-order valence-electron chi connectivity index (χ1n) is 7.48. The van der Waals surface area contributed by atoms with Crippen molar-refractivity contribution in [3.8, 4) is 0 Å². The molecule has 2 aromatic rings. The Labute approximate surface area is 146 Å². The smallest absolute Gasteiger partial charge is 0.248 e. The van der Waals surface area contributed by atoms with Gasteiger partial charge in [-0.2, -0.15) is 0 Å². The Morgan fingerprint density at radius 2 is 1.84 bits per heavy atom. The third-order valence-electron chi connectivity index (χ3n) is 3.37. The van der Waals surface area contributed by atoms with Crippen LogP contribution < -0.4 is 10.0 Å². The Morgan fingerprint density at radius 1 is 1.12 bits per heavy atom. The fourth-order valence-electron chi connectivity index (χ4n) is 2.24. The molecule has 7 heteroatoms. The van der Waals surface area contributed by atoms with E-state index in [0.29, 0.717) is 0 Å². The van der Waals surface area contributed by atoms with E-state index < -0.39 is 21.7 Å². The molecule has 0 atom stereocenters. The number of carbonyl (C=O) groups is 1. The lowest BCUT2D eigenvalue weighted by molar-refractivity contribution is -0.111. The molecule has 2 rings (SSSR count). The molecule has 0 radical (unpaired) electrons. The summed E-state index contributed by atoms with van der Waals surface area (Å²) in [5.41, 5.74) is 3.16. The van der Waals surface area contributed by atoms with Crippen molar-refractivity contribution in [3.63, 3.8) is 0 Å². The summed E-state index contributed by atoms with van der Waals surface area (Å²) in [5, 5.41) is 2.57. The summed E-state index contributed by atoms with van der Waals surface area (Å²) in [5.74, 6) is -1.13. The summed E-state index contributed by atoms with van der Waals surface area (Å²) < 4.78 is 38.1. The molecule has 0 aliphatic carbocycles. The van der Waals surface area contributed by atoms with Crippen molar-refractivity contribution >= 4 is 33.4 Å². The summed E-state index contributed by atoms with van der Waals surface area (Å²) in [6.45, 7) is 3.94. The first kappa shape index (κ1) is 18.7. The largest absolute Gasteiger partial charge is 0.322 e. The lowest BCUT2D eigenvalue weighted by atomic mass is 10.1. The Hall–Kier alpha value is -2.67. The summed E-state index contributed by atoms with van der Waals surface area (Å²) in [6, 6.07) is 9.54. The number of sulfonamides is 1. The number of nitrogens with one attached hydrogen (secondary N) is 2. The van der Waals surface area contributed by atoms with Gasteiger partial charge >= 0.3 is 0 Å². The van der Waals surface area contributed by atoms with E-state index in [1.165, 1.54) is 18.2 Å². The van der Waals surface area contributed by atoms with Gasteiger partial charge in [-0.15, -0.1) is 0 Å². The SMILES string of the molecule is Cc1ccc(/C=C/C(=O)Nc2ccc(F)c(NS(C)(=O)=O)c2)c(C)c1. The average molecular weight is 362 g/mol. The van der Waals surface area contributed by atoms with E-state index in [1.807, 2.05) is 32.0 Å². The zero-order valence-corrected chi connectivity index (χ0v) is 14.9. The summed E-state index contributed by atoms with van der Waals surface area (Å²) >= 11 is 0. The molecule has 0 spiro atoms. The van der Waals surface area contributed by atoms with Gasteiger partial charge in [0.05, 0.1) is 11.9 Å². The van der Waals surface area contributed by atoms with Crippen LogP contribution in [-0.4, -0.2) is 20.6 Å². The van der Waals surface area contributed by atoms with Crippen LogP contribution in [0.25, 0.3) is 6.08 Å². The van der Waals surface area contributed by atoms with Gasteiger partial charge in [-0.3, -0.25) is 9.52 Å². The predicted octanol–water partition coefficient (Wildman–Crippen LogP) is 3.47. The Kier molecular flexibility index (Phi) is 5.58.